The largest absolute Gasteiger partial charge is 0.392 e. The zero-order chi connectivity index (χ0) is 12.3. The van der Waals surface area contributed by atoms with Gasteiger partial charge >= 0.3 is 5.97 Å². The Bertz CT molecular complexity index is 493. The Hall–Kier alpha value is -1.65. The second-order valence-corrected chi connectivity index (χ2v) is 4.74. The molecule has 1 N–H and O–H groups in total. The van der Waals surface area contributed by atoms with E-state index in [1.54, 1.807) is 41.8 Å². The molecule has 1 unspecified atom stereocenters. The van der Waals surface area contributed by atoms with Crippen LogP contribution < -0.4 is 0 Å². The van der Waals surface area contributed by atoms with E-state index in [0.29, 0.717) is 4.88 Å². The summed E-state index contributed by atoms with van der Waals surface area (Å²) < 4.78 is 0. The molecular formula is C13H11O3S. The van der Waals surface area contributed by atoms with Crippen molar-refractivity contribution in [2.24, 2.45) is 0 Å². The van der Waals surface area contributed by atoms with Gasteiger partial charge in [0.25, 0.3) is 0 Å². The molecule has 4 heteroatoms. The van der Waals surface area contributed by atoms with E-state index in [9.17, 15) is 15.0 Å². The normalized spacial score (nSPS) is 14.2. The number of carbonyl (C=O) groups excluding carboxylic acids is 1. The molecule has 1 atom stereocenters. The minimum Gasteiger partial charge on any atom is -0.373 e. The predicted octanol–water partition coefficient (Wildman–Crippen LogP) is 2.14. The molecule has 1 radical (unpaired) electrons. The predicted molar refractivity (Wildman–Crippen MR) is 64.1 cm³/mol. The molecule has 0 spiro atoms. The number of thiophene rings is 1. The number of rotatable bonds is 4. The highest BCUT2D eigenvalue weighted by molar-refractivity contribution is 7.10. The molecule has 17 heavy (non-hydrogen) atoms. The second-order valence-electron chi connectivity index (χ2n) is 3.79. The fourth-order valence-corrected chi connectivity index (χ4v) is 2.48. The van der Waals surface area contributed by atoms with Crippen LogP contribution in [0.15, 0.2) is 47.8 Å². The van der Waals surface area contributed by atoms with Gasteiger partial charge in [0.2, 0.25) is 5.60 Å². The highest BCUT2D eigenvalue weighted by atomic mass is 32.1. The molecule has 0 bridgehead atoms. The van der Waals surface area contributed by atoms with E-state index in [-0.39, 0.29) is 6.42 Å². The van der Waals surface area contributed by atoms with Gasteiger partial charge in [0, 0.05) is 11.3 Å². The van der Waals surface area contributed by atoms with Gasteiger partial charge in [-0.15, -0.1) is 11.3 Å². The Morgan fingerprint density at radius 3 is 2.41 bits per heavy atom. The smallest absolute Gasteiger partial charge is 0.373 e. The van der Waals surface area contributed by atoms with Crippen LogP contribution in [0.2, 0.25) is 0 Å². The van der Waals surface area contributed by atoms with Crippen molar-refractivity contribution in [2.45, 2.75) is 12.0 Å². The van der Waals surface area contributed by atoms with Crippen LogP contribution in [0, 0.1) is 0 Å². The third-order valence-electron chi connectivity index (χ3n) is 2.57. The molecule has 87 valence electrons. The molecule has 0 fully saturated rings. The standard InChI is InChI=1S/C13H11O3S/c14-12(15)13(16,11-7-4-8-17-11)9-10-5-2-1-3-6-10/h1-8,16H,9H2. The van der Waals surface area contributed by atoms with Crippen molar-refractivity contribution >= 4 is 17.3 Å². The van der Waals surface area contributed by atoms with Gasteiger partial charge in [0.1, 0.15) is 0 Å². The van der Waals surface area contributed by atoms with Gasteiger partial charge < -0.3 is 5.11 Å². The zero-order valence-electron chi connectivity index (χ0n) is 9.00. The summed E-state index contributed by atoms with van der Waals surface area (Å²) in [5, 5.41) is 23.2. The maximum atomic E-state index is 11.2. The van der Waals surface area contributed by atoms with E-state index in [1.165, 1.54) is 11.3 Å². The first-order chi connectivity index (χ1) is 8.13. The number of aliphatic hydroxyl groups is 1. The first-order valence-corrected chi connectivity index (χ1v) is 6.02. The van der Waals surface area contributed by atoms with Crippen LogP contribution in [0.1, 0.15) is 10.4 Å². The lowest BCUT2D eigenvalue weighted by Crippen LogP contribution is -2.36. The summed E-state index contributed by atoms with van der Waals surface area (Å²) in [4.78, 5) is 11.6. The molecule has 1 aromatic heterocycles. The molecule has 0 amide bonds. The lowest BCUT2D eigenvalue weighted by Gasteiger charge is -2.20. The van der Waals surface area contributed by atoms with E-state index < -0.39 is 11.6 Å². The molecule has 1 aromatic carbocycles. The Morgan fingerprint density at radius 2 is 1.88 bits per heavy atom. The third-order valence-corrected chi connectivity index (χ3v) is 3.59. The molecule has 0 saturated carbocycles. The monoisotopic (exact) mass is 247 g/mol. The van der Waals surface area contributed by atoms with Crippen molar-refractivity contribution in [3.63, 3.8) is 0 Å². The summed E-state index contributed by atoms with van der Waals surface area (Å²) in [6.45, 7) is 0. The molecule has 0 aliphatic heterocycles. The van der Waals surface area contributed by atoms with Crippen LogP contribution in [-0.4, -0.2) is 11.1 Å². The van der Waals surface area contributed by atoms with Crippen molar-refractivity contribution in [1.29, 1.82) is 0 Å². The lowest BCUT2D eigenvalue weighted by atomic mass is 9.93. The minimum atomic E-state index is -1.95. The van der Waals surface area contributed by atoms with Gasteiger partial charge in [-0.1, -0.05) is 36.4 Å². The van der Waals surface area contributed by atoms with Gasteiger partial charge in [0.15, 0.2) is 0 Å². The van der Waals surface area contributed by atoms with Crippen molar-refractivity contribution in [1.82, 2.24) is 0 Å². The quantitative estimate of drug-likeness (QED) is 0.899. The topological polar surface area (TPSA) is 57.2 Å². The number of carbonyl (C=O) groups is 1. The Labute approximate surface area is 103 Å². The van der Waals surface area contributed by atoms with Crippen molar-refractivity contribution in [3.05, 3.63) is 58.3 Å². The van der Waals surface area contributed by atoms with E-state index in [1.807, 2.05) is 6.07 Å². The van der Waals surface area contributed by atoms with Crippen LogP contribution in [0.25, 0.3) is 0 Å². The van der Waals surface area contributed by atoms with Crippen molar-refractivity contribution in [3.8, 4) is 0 Å². The first-order valence-electron chi connectivity index (χ1n) is 5.14. The maximum Gasteiger partial charge on any atom is 0.392 e. The van der Waals surface area contributed by atoms with E-state index in [0.717, 1.165) is 5.56 Å². The molecular weight excluding hydrogens is 236 g/mol. The molecule has 0 aliphatic rings. The highest BCUT2D eigenvalue weighted by Gasteiger charge is 2.40. The van der Waals surface area contributed by atoms with Crippen LogP contribution in [0.5, 0.6) is 0 Å². The second kappa shape index (κ2) is 4.69. The molecule has 1 heterocycles. The van der Waals surface area contributed by atoms with Crippen LogP contribution >= 0.6 is 11.3 Å². The van der Waals surface area contributed by atoms with Crippen LogP contribution in [-0.2, 0) is 21.9 Å². The average Bonchev–Trinajstić information content (AvgIpc) is 2.84. The fraction of sp³-hybridized carbons (Fsp3) is 0.154. The van der Waals surface area contributed by atoms with Crippen molar-refractivity contribution < 1.29 is 15.0 Å². The van der Waals surface area contributed by atoms with E-state index >= 15 is 0 Å². The van der Waals surface area contributed by atoms with Gasteiger partial charge in [-0.05, 0) is 17.0 Å². The number of hydrogen-bond acceptors (Lipinski definition) is 3. The number of hydrogen-bond donors (Lipinski definition) is 1. The summed E-state index contributed by atoms with van der Waals surface area (Å²) in [6.07, 6.45) is 0.0106. The average molecular weight is 247 g/mol. The van der Waals surface area contributed by atoms with Crippen LogP contribution in [0.3, 0.4) is 0 Å². The third kappa shape index (κ3) is 2.38. The molecule has 3 nitrogen and oxygen atoms in total. The molecule has 2 rings (SSSR count). The van der Waals surface area contributed by atoms with E-state index in [2.05, 4.69) is 0 Å². The van der Waals surface area contributed by atoms with Gasteiger partial charge in [-0.3, -0.25) is 0 Å². The van der Waals surface area contributed by atoms with Crippen molar-refractivity contribution in [2.75, 3.05) is 0 Å². The summed E-state index contributed by atoms with van der Waals surface area (Å²) in [5.41, 5.74) is -1.19. The molecule has 0 saturated heterocycles. The Balaban J connectivity index is 2.34. The SMILES string of the molecule is [O]C(=O)C(O)(Cc1ccccc1)c1cccs1. The Kier molecular flexibility index (Phi) is 3.26. The molecule has 2 aromatic rings. The number of benzene rings is 1. The summed E-state index contributed by atoms with van der Waals surface area (Å²) in [5.74, 6) is -1.47. The zero-order valence-corrected chi connectivity index (χ0v) is 9.81. The highest BCUT2D eigenvalue weighted by Crippen LogP contribution is 2.30. The van der Waals surface area contributed by atoms with Crippen LogP contribution in [0.4, 0.5) is 0 Å². The lowest BCUT2D eigenvalue weighted by molar-refractivity contribution is -0.166. The summed E-state index contributed by atoms with van der Waals surface area (Å²) in [6, 6.07) is 12.3. The maximum absolute atomic E-state index is 11.2. The van der Waals surface area contributed by atoms with Gasteiger partial charge in [-0.25, -0.2) is 9.90 Å². The van der Waals surface area contributed by atoms with E-state index in [4.69, 9.17) is 0 Å². The fourth-order valence-electron chi connectivity index (χ4n) is 1.67. The first kappa shape index (κ1) is 11.8. The van der Waals surface area contributed by atoms with Gasteiger partial charge in [0.05, 0.1) is 0 Å². The minimum absolute atomic E-state index is 0.0106. The summed E-state index contributed by atoms with van der Waals surface area (Å²) >= 11 is 1.21. The summed E-state index contributed by atoms with van der Waals surface area (Å²) in [7, 11) is 0. The van der Waals surface area contributed by atoms with Gasteiger partial charge in [-0.2, -0.15) is 0 Å². The Morgan fingerprint density at radius 1 is 1.18 bits per heavy atom. The molecule has 0 aliphatic carbocycles.